The SMILES string of the molecule is CCNC(=NCc1ccc(NC(=O)C(C)C)cc1)NCCCOCC1CC1. The van der Waals surface area contributed by atoms with Gasteiger partial charge in [-0.3, -0.25) is 4.79 Å². The lowest BCUT2D eigenvalue weighted by molar-refractivity contribution is -0.118. The maximum atomic E-state index is 11.7. The summed E-state index contributed by atoms with van der Waals surface area (Å²) in [6.07, 6.45) is 3.64. The lowest BCUT2D eigenvalue weighted by Gasteiger charge is -2.12. The summed E-state index contributed by atoms with van der Waals surface area (Å²) in [5, 5.41) is 9.51. The van der Waals surface area contributed by atoms with Crippen LogP contribution in [0.2, 0.25) is 0 Å². The summed E-state index contributed by atoms with van der Waals surface area (Å²) in [5.41, 5.74) is 1.92. The summed E-state index contributed by atoms with van der Waals surface area (Å²) in [6.45, 7) is 9.79. The van der Waals surface area contributed by atoms with Crippen molar-refractivity contribution in [3.63, 3.8) is 0 Å². The standard InChI is InChI=1S/C21H34N4O2/c1-4-22-21(23-12-5-13-27-15-18-6-7-18)24-14-17-8-10-19(11-9-17)25-20(26)16(2)3/h8-11,16,18H,4-7,12-15H2,1-3H3,(H,25,26)(H2,22,23,24). The second-order valence-electron chi connectivity index (χ2n) is 7.33. The van der Waals surface area contributed by atoms with E-state index < -0.39 is 0 Å². The Labute approximate surface area is 163 Å². The van der Waals surface area contributed by atoms with E-state index in [0.717, 1.165) is 55.9 Å². The van der Waals surface area contributed by atoms with Gasteiger partial charge in [-0.1, -0.05) is 26.0 Å². The minimum absolute atomic E-state index is 0.0258. The summed E-state index contributed by atoms with van der Waals surface area (Å²) < 4.78 is 5.65. The van der Waals surface area contributed by atoms with Gasteiger partial charge in [0, 0.05) is 37.9 Å². The molecule has 0 unspecified atom stereocenters. The summed E-state index contributed by atoms with van der Waals surface area (Å²) in [6, 6.07) is 7.83. The first-order chi connectivity index (χ1) is 13.1. The third kappa shape index (κ3) is 8.91. The van der Waals surface area contributed by atoms with Crippen molar-refractivity contribution >= 4 is 17.6 Å². The zero-order valence-corrected chi connectivity index (χ0v) is 16.9. The Kier molecular flexibility index (Phi) is 9.11. The second kappa shape index (κ2) is 11.6. The van der Waals surface area contributed by atoms with Crippen LogP contribution >= 0.6 is 0 Å². The molecule has 1 aromatic carbocycles. The van der Waals surface area contributed by atoms with Gasteiger partial charge >= 0.3 is 0 Å². The number of anilines is 1. The van der Waals surface area contributed by atoms with Crippen LogP contribution in [0.15, 0.2) is 29.3 Å². The molecule has 0 aromatic heterocycles. The smallest absolute Gasteiger partial charge is 0.226 e. The van der Waals surface area contributed by atoms with Crippen LogP contribution in [0.3, 0.4) is 0 Å². The fourth-order valence-electron chi connectivity index (χ4n) is 2.41. The molecule has 6 heteroatoms. The Balaban J connectivity index is 1.72. The fraction of sp³-hybridized carbons (Fsp3) is 0.619. The van der Waals surface area contributed by atoms with Crippen LogP contribution in [0, 0.1) is 11.8 Å². The van der Waals surface area contributed by atoms with E-state index in [1.54, 1.807) is 0 Å². The molecule has 0 radical (unpaired) electrons. The first kappa shape index (κ1) is 21.2. The predicted octanol–water partition coefficient (Wildman–Crippen LogP) is 3.15. The molecular weight excluding hydrogens is 340 g/mol. The third-order valence-electron chi connectivity index (χ3n) is 4.32. The molecule has 2 rings (SSSR count). The van der Waals surface area contributed by atoms with Crippen molar-refractivity contribution in [2.75, 3.05) is 31.6 Å². The van der Waals surface area contributed by atoms with Gasteiger partial charge < -0.3 is 20.7 Å². The Hall–Kier alpha value is -2.08. The van der Waals surface area contributed by atoms with Gasteiger partial charge in [0.1, 0.15) is 0 Å². The van der Waals surface area contributed by atoms with Gasteiger partial charge in [0.25, 0.3) is 0 Å². The number of benzene rings is 1. The van der Waals surface area contributed by atoms with E-state index in [1.165, 1.54) is 12.8 Å². The molecule has 1 saturated carbocycles. The molecule has 1 amide bonds. The fourth-order valence-corrected chi connectivity index (χ4v) is 2.41. The molecule has 150 valence electrons. The van der Waals surface area contributed by atoms with Gasteiger partial charge in [0.15, 0.2) is 5.96 Å². The molecule has 3 N–H and O–H groups in total. The van der Waals surface area contributed by atoms with E-state index in [4.69, 9.17) is 4.74 Å². The monoisotopic (exact) mass is 374 g/mol. The molecule has 1 aliphatic rings. The van der Waals surface area contributed by atoms with Gasteiger partial charge in [-0.15, -0.1) is 0 Å². The van der Waals surface area contributed by atoms with Crippen molar-refractivity contribution in [1.29, 1.82) is 0 Å². The zero-order chi connectivity index (χ0) is 19.5. The van der Waals surface area contributed by atoms with Crippen LogP contribution in [0.4, 0.5) is 5.69 Å². The first-order valence-corrected chi connectivity index (χ1v) is 10.1. The van der Waals surface area contributed by atoms with Gasteiger partial charge in [-0.05, 0) is 49.8 Å². The average molecular weight is 375 g/mol. The van der Waals surface area contributed by atoms with E-state index in [1.807, 2.05) is 38.1 Å². The Morgan fingerprint density at radius 1 is 1.22 bits per heavy atom. The van der Waals surface area contributed by atoms with Crippen molar-refractivity contribution in [2.24, 2.45) is 16.8 Å². The molecule has 1 fully saturated rings. The number of carbonyl (C=O) groups is 1. The molecule has 0 spiro atoms. The van der Waals surface area contributed by atoms with Gasteiger partial charge in [-0.2, -0.15) is 0 Å². The second-order valence-corrected chi connectivity index (χ2v) is 7.33. The van der Waals surface area contributed by atoms with Crippen LogP contribution in [0.1, 0.15) is 45.6 Å². The van der Waals surface area contributed by atoms with E-state index in [2.05, 4.69) is 27.9 Å². The highest BCUT2D eigenvalue weighted by atomic mass is 16.5. The van der Waals surface area contributed by atoms with Gasteiger partial charge in [0.2, 0.25) is 5.91 Å². The summed E-state index contributed by atoms with van der Waals surface area (Å²) in [4.78, 5) is 16.4. The van der Waals surface area contributed by atoms with E-state index >= 15 is 0 Å². The number of guanidine groups is 1. The lowest BCUT2D eigenvalue weighted by Crippen LogP contribution is -2.38. The van der Waals surface area contributed by atoms with Crippen molar-refractivity contribution in [2.45, 2.75) is 46.6 Å². The van der Waals surface area contributed by atoms with Crippen LogP contribution < -0.4 is 16.0 Å². The predicted molar refractivity (Wildman–Crippen MR) is 111 cm³/mol. The molecule has 0 saturated heterocycles. The zero-order valence-electron chi connectivity index (χ0n) is 16.9. The maximum absolute atomic E-state index is 11.7. The molecular formula is C21H34N4O2. The number of nitrogens with zero attached hydrogens (tertiary/aromatic N) is 1. The highest BCUT2D eigenvalue weighted by Crippen LogP contribution is 2.28. The number of nitrogens with one attached hydrogen (secondary N) is 3. The Morgan fingerprint density at radius 3 is 2.59 bits per heavy atom. The molecule has 0 aliphatic heterocycles. The first-order valence-electron chi connectivity index (χ1n) is 10.1. The van der Waals surface area contributed by atoms with Crippen molar-refractivity contribution in [3.8, 4) is 0 Å². The number of hydrogen-bond donors (Lipinski definition) is 3. The number of ether oxygens (including phenoxy) is 1. The number of amides is 1. The average Bonchev–Trinajstić information content (AvgIpc) is 3.47. The molecule has 1 aromatic rings. The van der Waals surface area contributed by atoms with Crippen LogP contribution in [-0.4, -0.2) is 38.2 Å². The van der Waals surface area contributed by atoms with E-state index in [9.17, 15) is 4.79 Å². The molecule has 27 heavy (non-hydrogen) atoms. The van der Waals surface area contributed by atoms with E-state index in [-0.39, 0.29) is 11.8 Å². The van der Waals surface area contributed by atoms with Crippen molar-refractivity contribution < 1.29 is 9.53 Å². The third-order valence-corrected chi connectivity index (χ3v) is 4.32. The van der Waals surface area contributed by atoms with Crippen molar-refractivity contribution in [1.82, 2.24) is 10.6 Å². The normalized spacial score (nSPS) is 14.3. The number of carbonyl (C=O) groups excluding carboxylic acids is 1. The molecule has 0 atom stereocenters. The van der Waals surface area contributed by atoms with Crippen LogP contribution in [0.5, 0.6) is 0 Å². The number of aliphatic imine (C=N–C) groups is 1. The molecule has 6 nitrogen and oxygen atoms in total. The number of rotatable bonds is 11. The number of hydrogen-bond acceptors (Lipinski definition) is 3. The highest BCUT2D eigenvalue weighted by Gasteiger charge is 2.20. The van der Waals surface area contributed by atoms with Crippen LogP contribution in [-0.2, 0) is 16.1 Å². The molecule has 0 bridgehead atoms. The topological polar surface area (TPSA) is 74.8 Å². The van der Waals surface area contributed by atoms with Crippen LogP contribution in [0.25, 0.3) is 0 Å². The summed E-state index contributed by atoms with van der Waals surface area (Å²) in [7, 11) is 0. The van der Waals surface area contributed by atoms with Gasteiger partial charge in [-0.25, -0.2) is 4.99 Å². The summed E-state index contributed by atoms with van der Waals surface area (Å²) in [5.74, 6) is 1.64. The minimum Gasteiger partial charge on any atom is -0.381 e. The van der Waals surface area contributed by atoms with Gasteiger partial charge in [0.05, 0.1) is 6.54 Å². The maximum Gasteiger partial charge on any atom is 0.226 e. The van der Waals surface area contributed by atoms with E-state index in [0.29, 0.717) is 6.54 Å². The minimum atomic E-state index is -0.0258. The van der Waals surface area contributed by atoms with Crippen molar-refractivity contribution in [3.05, 3.63) is 29.8 Å². The molecule has 1 aliphatic carbocycles. The Morgan fingerprint density at radius 2 is 1.96 bits per heavy atom. The Bertz CT molecular complexity index is 595. The molecule has 0 heterocycles. The quantitative estimate of drug-likeness (QED) is 0.316. The largest absolute Gasteiger partial charge is 0.381 e. The summed E-state index contributed by atoms with van der Waals surface area (Å²) >= 11 is 0. The lowest BCUT2D eigenvalue weighted by atomic mass is 10.2. The highest BCUT2D eigenvalue weighted by molar-refractivity contribution is 5.92.